The lowest BCUT2D eigenvalue weighted by molar-refractivity contribution is 0.228. The topological polar surface area (TPSA) is 8.17 Å². The first kappa shape index (κ1) is 16.6. The van der Waals surface area contributed by atoms with Crippen LogP contribution in [0.25, 0.3) is 10.9 Å². The molecule has 4 rings (SSSR count). The fourth-order valence-electron chi connectivity index (χ4n) is 3.85. The number of fused-ring (bicyclic) bond motifs is 3. The van der Waals surface area contributed by atoms with Gasteiger partial charge in [-0.25, -0.2) is 4.39 Å². The van der Waals surface area contributed by atoms with E-state index in [4.69, 9.17) is 11.6 Å². The molecule has 0 N–H and O–H groups in total. The highest BCUT2D eigenvalue weighted by molar-refractivity contribution is 6.31. The molecule has 0 bridgehead atoms. The van der Waals surface area contributed by atoms with Crippen LogP contribution in [0.4, 0.5) is 4.39 Å². The molecule has 0 amide bonds. The van der Waals surface area contributed by atoms with Gasteiger partial charge in [0.2, 0.25) is 0 Å². The Morgan fingerprint density at radius 2 is 1.92 bits per heavy atom. The molecule has 3 aromatic rings. The third kappa shape index (κ3) is 3.07. The fourth-order valence-corrected chi connectivity index (χ4v) is 4.02. The van der Waals surface area contributed by atoms with Crippen LogP contribution in [0.2, 0.25) is 5.02 Å². The Morgan fingerprint density at radius 3 is 2.68 bits per heavy atom. The Labute approximate surface area is 152 Å². The van der Waals surface area contributed by atoms with E-state index < -0.39 is 0 Å². The van der Waals surface area contributed by atoms with Crippen LogP contribution in [0.5, 0.6) is 0 Å². The van der Waals surface area contributed by atoms with Crippen LogP contribution < -0.4 is 0 Å². The number of halogens is 2. The molecular formula is C21H22ClFN2. The van der Waals surface area contributed by atoms with E-state index in [1.165, 1.54) is 34.3 Å². The second-order valence-electron chi connectivity index (χ2n) is 7.08. The van der Waals surface area contributed by atoms with Gasteiger partial charge in [-0.2, -0.15) is 0 Å². The van der Waals surface area contributed by atoms with Gasteiger partial charge in [0.05, 0.1) is 0 Å². The molecule has 1 aromatic heterocycles. The van der Waals surface area contributed by atoms with Crippen molar-refractivity contribution in [3.8, 4) is 0 Å². The zero-order valence-electron chi connectivity index (χ0n) is 14.6. The first-order valence-corrected chi connectivity index (χ1v) is 9.15. The van der Waals surface area contributed by atoms with Gasteiger partial charge in [0.25, 0.3) is 0 Å². The van der Waals surface area contributed by atoms with Crippen LogP contribution in [0.15, 0.2) is 42.5 Å². The van der Waals surface area contributed by atoms with Gasteiger partial charge in [-0.3, -0.25) is 4.90 Å². The van der Waals surface area contributed by atoms with Gasteiger partial charge in [-0.1, -0.05) is 23.7 Å². The van der Waals surface area contributed by atoms with Gasteiger partial charge < -0.3 is 4.57 Å². The van der Waals surface area contributed by atoms with Crippen molar-refractivity contribution in [2.24, 2.45) is 0 Å². The summed E-state index contributed by atoms with van der Waals surface area (Å²) in [4.78, 5) is 2.40. The summed E-state index contributed by atoms with van der Waals surface area (Å²) >= 11 is 6.26. The van der Waals surface area contributed by atoms with Crippen LogP contribution >= 0.6 is 11.6 Å². The van der Waals surface area contributed by atoms with Gasteiger partial charge in [0, 0.05) is 47.2 Å². The highest BCUT2D eigenvalue weighted by Crippen LogP contribution is 2.34. The van der Waals surface area contributed by atoms with Crippen molar-refractivity contribution in [1.29, 1.82) is 0 Å². The van der Waals surface area contributed by atoms with E-state index in [2.05, 4.69) is 35.6 Å². The summed E-state index contributed by atoms with van der Waals surface area (Å²) in [7, 11) is 2.18. The maximum atomic E-state index is 13.1. The molecule has 0 spiro atoms. The average Bonchev–Trinajstić information content (AvgIpc) is 2.87. The smallest absolute Gasteiger partial charge is 0.123 e. The molecule has 0 aliphatic carbocycles. The van der Waals surface area contributed by atoms with E-state index in [0.29, 0.717) is 6.04 Å². The molecule has 2 nitrogen and oxygen atoms in total. The number of likely N-dealkylation sites (N-methyl/N-ethyl adjacent to an activating group) is 1. The van der Waals surface area contributed by atoms with E-state index in [0.717, 1.165) is 36.5 Å². The maximum Gasteiger partial charge on any atom is 0.123 e. The lowest BCUT2D eigenvalue weighted by atomic mass is 10.00. The molecule has 0 saturated heterocycles. The van der Waals surface area contributed by atoms with E-state index in [9.17, 15) is 4.39 Å². The highest BCUT2D eigenvalue weighted by Gasteiger charge is 2.26. The Bertz CT molecular complexity index is 914. The minimum atomic E-state index is -0.181. The van der Waals surface area contributed by atoms with Crippen LogP contribution in [0, 0.1) is 5.82 Å². The van der Waals surface area contributed by atoms with Crippen molar-refractivity contribution in [1.82, 2.24) is 9.47 Å². The van der Waals surface area contributed by atoms with Gasteiger partial charge in [0.1, 0.15) is 5.82 Å². The summed E-state index contributed by atoms with van der Waals surface area (Å²) < 4.78 is 15.6. The molecule has 1 atom stereocenters. The van der Waals surface area contributed by atoms with Crippen molar-refractivity contribution in [2.75, 3.05) is 7.05 Å². The number of hydrogen-bond acceptors (Lipinski definition) is 1. The molecule has 0 saturated carbocycles. The second-order valence-corrected chi connectivity index (χ2v) is 7.52. The van der Waals surface area contributed by atoms with E-state index in [1.54, 1.807) is 0 Å². The average molecular weight is 357 g/mol. The zero-order chi connectivity index (χ0) is 17.6. The third-order valence-corrected chi connectivity index (χ3v) is 5.67. The van der Waals surface area contributed by atoms with Crippen molar-refractivity contribution >= 4 is 22.5 Å². The number of rotatable bonds is 3. The molecule has 4 heteroatoms. The van der Waals surface area contributed by atoms with E-state index in [1.807, 2.05) is 18.2 Å². The fraction of sp³-hybridized carbons (Fsp3) is 0.333. The largest absolute Gasteiger partial charge is 0.344 e. The molecule has 2 aromatic carbocycles. The first-order chi connectivity index (χ1) is 12.0. The third-order valence-electron chi connectivity index (χ3n) is 5.43. The van der Waals surface area contributed by atoms with Gasteiger partial charge in [-0.15, -0.1) is 0 Å². The lowest BCUT2D eigenvalue weighted by Crippen LogP contribution is -2.35. The molecule has 1 aliphatic heterocycles. The Morgan fingerprint density at radius 1 is 1.16 bits per heavy atom. The quantitative estimate of drug-likeness (QED) is 0.637. The van der Waals surface area contributed by atoms with E-state index >= 15 is 0 Å². The summed E-state index contributed by atoms with van der Waals surface area (Å²) in [5, 5.41) is 2.05. The lowest BCUT2D eigenvalue weighted by Gasteiger charge is -2.31. The number of aromatic nitrogens is 1. The normalized spacial score (nSPS) is 17.8. The second kappa shape index (κ2) is 6.47. The Hall–Kier alpha value is -1.84. The van der Waals surface area contributed by atoms with Crippen molar-refractivity contribution in [3.63, 3.8) is 0 Å². The molecule has 0 radical (unpaired) electrons. The van der Waals surface area contributed by atoms with Gasteiger partial charge in [-0.05, 0) is 61.9 Å². The summed E-state index contributed by atoms with van der Waals surface area (Å²) in [6.07, 6.45) is 1.94. The highest BCUT2D eigenvalue weighted by atomic mass is 35.5. The summed E-state index contributed by atoms with van der Waals surface area (Å²) in [6, 6.07) is 13.5. The number of aryl methyl sites for hydroxylation is 2. The Balaban J connectivity index is 1.74. The summed E-state index contributed by atoms with van der Waals surface area (Å²) in [5.74, 6) is -0.181. The van der Waals surface area contributed by atoms with Crippen molar-refractivity contribution < 1.29 is 4.39 Å². The molecule has 1 aliphatic rings. The predicted molar refractivity (Wildman–Crippen MR) is 102 cm³/mol. The predicted octanol–water partition coefficient (Wildman–Crippen LogP) is 5.05. The minimum absolute atomic E-state index is 0.181. The van der Waals surface area contributed by atoms with Gasteiger partial charge in [0.15, 0.2) is 0 Å². The first-order valence-electron chi connectivity index (χ1n) is 8.77. The van der Waals surface area contributed by atoms with Crippen LogP contribution in [-0.2, 0) is 25.9 Å². The standard InChI is InChI=1S/C21H22ClFN2/c1-14-11-21-19(13-24(14)2)18-12-16(22)5-8-20(18)25(21)10-9-15-3-6-17(23)7-4-15/h3-8,12,14H,9-11,13H2,1-2H3. The molecule has 25 heavy (non-hydrogen) atoms. The van der Waals surface area contributed by atoms with E-state index in [-0.39, 0.29) is 5.82 Å². The van der Waals surface area contributed by atoms with Crippen molar-refractivity contribution in [2.45, 2.75) is 38.9 Å². The van der Waals surface area contributed by atoms with Crippen LogP contribution in [-0.4, -0.2) is 22.6 Å². The maximum absolute atomic E-state index is 13.1. The van der Waals surface area contributed by atoms with Gasteiger partial charge >= 0.3 is 0 Å². The van der Waals surface area contributed by atoms with Crippen molar-refractivity contribution in [3.05, 3.63) is 70.1 Å². The molecule has 1 unspecified atom stereocenters. The molecule has 130 valence electrons. The SMILES string of the molecule is CC1Cc2c(c3cc(Cl)ccc3n2CCc2ccc(F)cc2)CN1C. The summed E-state index contributed by atoms with van der Waals surface area (Å²) in [5.41, 5.74) is 5.23. The minimum Gasteiger partial charge on any atom is -0.344 e. The number of benzene rings is 2. The number of nitrogens with zero attached hydrogens (tertiary/aromatic N) is 2. The monoisotopic (exact) mass is 356 g/mol. The molecule has 0 fully saturated rings. The zero-order valence-corrected chi connectivity index (χ0v) is 15.4. The van der Waals surface area contributed by atoms with Crippen LogP contribution in [0.1, 0.15) is 23.7 Å². The molecule has 2 heterocycles. The summed E-state index contributed by atoms with van der Waals surface area (Å²) in [6.45, 7) is 4.13. The number of hydrogen-bond donors (Lipinski definition) is 0. The molecular weight excluding hydrogens is 335 g/mol. The Kier molecular flexibility index (Phi) is 4.30. The van der Waals surface area contributed by atoms with Crippen LogP contribution in [0.3, 0.4) is 0 Å².